The number of aromatic nitrogens is 4. The molecule has 1 N–H and O–H groups in total. The zero-order chi connectivity index (χ0) is 40.6. The molecule has 6 aromatic carbocycles. The molecule has 0 unspecified atom stereocenters. The maximum atomic E-state index is 14.2. The Hall–Kier alpha value is -6.73. The summed E-state index contributed by atoms with van der Waals surface area (Å²) >= 11 is 0. The number of carbonyl (C=O) groups is 1. The van der Waals surface area contributed by atoms with Crippen LogP contribution in [0.4, 0.5) is 32.0 Å². The van der Waals surface area contributed by atoms with Crippen molar-refractivity contribution in [1.82, 2.24) is 19.6 Å². The Labute approximate surface area is 328 Å². The molecule has 13 heteroatoms. The van der Waals surface area contributed by atoms with Gasteiger partial charge in [0.15, 0.2) is 0 Å². The van der Waals surface area contributed by atoms with E-state index in [1.54, 1.807) is 64.2 Å². The lowest BCUT2D eigenvalue weighted by molar-refractivity contribution is -0.138. The van der Waals surface area contributed by atoms with Gasteiger partial charge in [0.25, 0.3) is 5.91 Å². The molecule has 8 rings (SSSR count). The van der Waals surface area contributed by atoms with Gasteiger partial charge >= 0.3 is 12.4 Å². The summed E-state index contributed by atoms with van der Waals surface area (Å²) in [6.07, 6.45) is -5.37. The van der Waals surface area contributed by atoms with E-state index in [1.165, 1.54) is 17.0 Å². The summed E-state index contributed by atoms with van der Waals surface area (Å²) in [7, 11) is 0. The van der Waals surface area contributed by atoms with E-state index < -0.39 is 23.5 Å². The van der Waals surface area contributed by atoms with Crippen LogP contribution in [0.15, 0.2) is 146 Å². The lowest BCUT2D eigenvalue weighted by Gasteiger charge is -2.23. The van der Waals surface area contributed by atoms with Gasteiger partial charge in [0.05, 0.1) is 30.8 Å². The largest absolute Gasteiger partial charge is 0.416 e. The highest BCUT2D eigenvalue weighted by atomic mass is 19.4. The number of alkyl halides is 6. The zero-order valence-corrected chi connectivity index (χ0v) is 30.5. The molecular formula is C45H33F6N5O2. The van der Waals surface area contributed by atoms with Crippen molar-refractivity contribution in [2.75, 3.05) is 18.1 Å². The van der Waals surface area contributed by atoms with Gasteiger partial charge in [0.1, 0.15) is 11.0 Å². The van der Waals surface area contributed by atoms with Gasteiger partial charge in [-0.2, -0.15) is 36.5 Å². The molecule has 1 amide bonds. The minimum atomic E-state index is -4.46. The predicted octanol–water partition coefficient (Wildman–Crippen LogP) is 10.5. The molecule has 7 nitrogen and oxygen atoms in total. The Balaban J connectivity index is 1.07. The van der Waals surface area contributed by atoms with Crippen LogP contribution in [0, 0.1) is 0 Å². The first-order chi connectivity index (χ1) is 27.8. The summed E-state index contributed by atoms with van der Waals surface area (Å²) in [6.45, 7) is -0.0558. The van der Waals surface area contributed by atoms with Crippen molar-refractivity contribution >= 4 is 33.4 Å². The Kier molecular flexibility index (Phi) is 10.1. The molecule has 0 saturated heterocycles. The molecule has 0 radical (unpaired) electrons. The number of rotatable bonds is 10. The third kappa shape index (κ3) is 7.94. The standard InChI is InChI=1S/C45H33F6N5O2/c46-44(47,48)36-14-1-7-29(21-36)25-54-27-34-12-5-17-39(41(34)52-54)31-9-3-11-33(23-31)43(58)56(19-20-57)38-16-4-10-32(24-38)40-18-6-13-35-28-55(53-42(35)40)26-30-8-2-15-37(22-30)45(49,50)51/h1-18,21-24,27-28,57H,19-20,25-26H2. The summed E-state index contributed by atoms with van der Waals surface area (Å²) < 4.78 is 83.2. The van der Waals surface area contributed by atoms with Crippen LogP contribution in [-0.4, -0.2) is 43.7 Å². The average Bonchev–Trinajstić information content (AvgIpc) is 3.82. The van der Waals surface area contributed by atoms with Crippen LogP contribution in [-0.2, 0) is 25.4 Å². The Morgan fingerprint density at radius 3 is 1.59 bits per heavy atom. The van der Waals surface area contributed by atoms with Crippen molar-refractivity contribution in [2.24, 2.45) is 0 Å². The number of amides is 1. The first-order valence-corrected chi connectivity index (χ1v) is 18.2. The van der Waals surface area contributed by atoms with E-state index in [9.17, 15) is 36.2 Å². The van der Waals surface area contributed by atoms with Gasteiger partial charge < -0.3 is 10.0 Å². The summed E-state index contributed by atoms with van der Waals surface area (Å²) in [6, 6.07) is 35.8. The van der Waals surface area contributed by atoms with E-state index in [1.807, 2.05) is 54.6 Å². The molecule has 0 bridgehead atoms. The second kappa shape index (κ2) is 15.3. The molecule has 0 saturated carbocycles. The van der Waals surface area contributed by atoms with Crippen molar-refractivity contribution in [3.05, 3.63) is 174 Å². The molecule has 292 valence electrons. The normalized spacial score (nSPS) is 12.1. The van der Waals surface area contributed by atoms with Gasteiger partial charge in [-0.05, 0) is 70.8 Å². The number of fused-ring (bicyclic) bond motifs is 2. The number of nitrogens with zero attached hydrogens (tertiary/aromatic N) is 5. The summed E-state index contributed by atoms with van der Waals surface area (Å²) in [5.74, 6) is -0.362. The minimum Gasteiger partial charge on any atom is -0.395 e. The van der Waals surface area contributed by atoms with Crippen LogP contribution in [0.1, 0.15) is 32.6 Å². The number of halogens is 6. The molecule has 0 fully saturated rings. The van der Waals surface area contributed by atoms with Crippen LogP contribution in [0.2, 0.25) is 0 Å². The summed E-state index contributed by atoms with van der Waals surface area (Å²) in [4.78, 5) is 15.7. The minimum absolute atomic E-state index is 0.00212. The monoisotopic (exact) mass is 789 g/mol. The van der Waals surface area contributed by atoms with E-state index in [0.717, 1.165) is 51.7 Å². The SMILES string of the molecule is O=C(c1cccc(-c2cccc3cn(Cc4cccc(C(F)(F)F)c4)nc23)c1)N(CCO)c1cccc(-c2cccc3cn(Cc4cccc(C(F)(F)F)c4)nc23)c1. The Morgan fingerprint density at radius 2 is 1.07 bits per heavy atom. The van der Waals surface area contributed by atoms with Crippen LogP contribution < -0.4 is 4.90 Å². The third-order valence-electron chi connectivity index (χ3n) is 9.82. The number of hydrogen-bond donors (Lipinski definition) is 1. The highest BCUT2D eigenvalue weighted by Crippen LogP contribution is 2.34. The topological polar surface area (TPSA) is 76.2 Å². The number of carbonyl (C=O) groups excluding carboxylic acids is 1. The molecule has 58 heavy (non-hydrogen) atoms. The van der Waals surface area contributed by atoms with Crippen molar-refractivity contribution in [3.8, 4) is 22.3 Å². The third-order valence-corrected chi connectivity index (χ3v) is 9.82. The van der Waals surface area contributed by atoms with Crippen LogP contribution in [0.3, 0.4) is 0 Å². The maximum absolute atomic E-state index is 14.2. The van der Waals surface area contributed by atoms with Crippen molar-refractivity contribution in [2.45, 2.75) is 25.4 Å². The van der Waals surface area contributed by atoms with Gasteiger partial charge in [-0.25, -0.2) is 0 Å². The fraction of sp³-hybridized carbons (Fsp3) is 0.133. The number of aliphatic hydroxyl groups excluding tert-OH is 1. The fourth-order valence-corrected chi connectivity index (χ4v) is 7.15. The van der Waals surface area contributed by atoms with E-state index in [0.29, 0.717) is 39.0 Å². The lowest BCUT2D eigenvalue weighted by atomic mass is 10.00. The zero-order valence-electron chi connectivity index (χ0n) is 30.5. The van der Waals surface area contributed by atoms with E-state index in [2.05, 4.69) is 0 Å². The van der Waals surface area contributed by atoms with Crippen LogP contribution in [0.25, 0.3) is 44.1 Å². The van der Waals surface area contributed by atoms with Crippen LogP contribution >= 0.6 is 0 Å². The van der Waals surface area contributed by atoms with Gasteiger partial charge in [-0.15, -0.1) is 0 Å². The highest BCUT2D eigenvalue weighted by molar-refractivity contribution is 6.08. The molecular weight excluding hydrogens is 757 g/mol. The first kappa shape index (κ1) is 38.2. The molecule has 2 aromatic heterocycles. The smallest absolute Gasteiger partial charge is 0.395 e. The number of hydrogen-bond acceptors (Lipinski definition) is 4. The predicted molar refractivity (Wildman–Crippen MR) is 210 cm³/mol. The van der Waals surface area contributed by atoms with Gasteiger partial charge in [0, 0.05) is 52.1 Å². The molecule has 0 atom stereocenters. The highest BCUT2D eigenvalue weighted by Gasteiger charge is 2.31. The Morgan fingerprint density at radius 1 is 0.586 bits per heavy atom. The summed E-state index contributed by atoms with van der Waals surface area (Å²) in [5, 5.41) is 21.1. The molecule has 0 spiro atoms. The van der Waals surface area contributed by atoms with E-state index in [4.69, 9.17) is 10.2 Å². The second-order valence-electron chi connectivity index (χ2n) is 13.8. The van der Waals surface area contributed by atoms with Gasteiger partial charge in [-0.3, -0.25) is 14.2 Å². The van der Waals surface area contributed by atoms with Crippen molar-refractivity contribution in [1.29, 1.82) is 0 Å². The summed E-state index contributed by atoms with van der Waals surface area (Å²) in [5.41, 5.74) is 4.49. The molecule has 2 heterocycles. The first-order valence-electron chi connectivity index (χ1n) is 18.2. The Bertz CT molecular complexity index is 2790. The quantitative estimate of drug-likeness (QED) is 0.140. The molecule has 0 aliphatic carbocycles. The number of aliphatic hydroxyl groups is 1. The van der Waals surface area contributed by atoms with Crippen molar-refractivity contribution < 1.29 is 36.2 Å². The molecule has 0 aliphatic rings. The maximum Gasteiger partial charge on any atom is 0.416 e. The number of benzene rings is 6. The number of anilines is 1. The van der Waals surface area contributed by atoms with Crippen molar-refractivity contribution in [3.63, 3.8) is 0 Å². The second-order valence-corrected chi connectivity index (χ2v) is 13.8. The van der Waals surface area contributed by atoms with Gasteiger partial charge in [-0.1, -0.05) is 84.9 Å². The lowest BCUT2D eigenvalue weighted by Crippen LogP contribution is -2.33. The fourth-order valence-electron chi connectivity index (χ4n) is 7.15. The average molecular weight is 790 g/mol. The van der Waals surface area contributed by atoms with E-state index in [-0.39, 0.29) is 32.1 Å². The van der Waals surface area contributed by atoms with E-state index >= 15 is 0 Å². The van der Waals surface area contributed by atoms with Crippen LogP contribution in [0.5, 0.6) is 0 Å². The molecule has 0 aliphatic heterocycles. The molecule has 8 aromatic rings. The van der Waals surface area contributed by atoms with Gasteiger partial charge in [0.2, 0.25) is 0 Å².